The second-order valence-electron chi connectivity index (χ2n) is 11.3. The van der Waals surface area contributed by atoms with Gasteiger partial charge in [0.15, 0.2) is 6.29 Å². The molecule has 0 spiro atoms. The molecule has 4 N–H and O–H groups in total. The Morgan fingerprint density at radius 1 is 0.929 bits per heavy atom. The van der Waals surface area contributed by atoms with Crippen molar-refractivity contribution in [2.24, 2.45) is 0 Å². The number of piperidine rings is 1. The van der Waals surface area contributed by atoms with Gasteiger partial charge in [-0.1, -0.05) is 78.9 Å². The third-order valence-electron chi connectivity index (χ3n) is 8.58. The SMILES string of the molecule is O=C(NC1CCN(C[C@H](O)[C@@H](O)[C@@H]2OC(c3ccccc3)OC[C@H]2O)CC1)OCC1c2ccccc2-c2ccccc21. The Kier molecular flexibility index (Phi) is 8.85. The molecule has 0 radical (unpaired) electrons. The Hall–Kier alpha value is -3.31. The number of ether oxygens (including phenoxy) is 3. The number of likely N-dealkylation sites (tertiary alicyclic amines) is 1. The molecule has 2 aliphatic heterocycles. The van der Waals surface area contributed by atoms with Crippen LogP contribution in [0.4, 0.5) is 4.79 Å². The number of alkyl carbamates (subject to hydrolysis) is 1. The minimum atomic E-state index is -1.29. The third-order valence-corrected chi connectivity index (χ3v) is 8.58. The molecule has 0 aromatic heterocycles. The van der Waals surface area contributed by atoms with Gasteiger partial charge < -0.3 is 39.7 Å². The topological polar surface area (TPSA) is 121 Å². The summed E-state index contributed by atoms with van der Waals surface area (Å²) < 4.78 is 17.1. The molecular formula is C33H38N2O7. The van der Waals surface area contributed by atoms with Crippen LogP contribution in [0.2, 0.25) is 0 Å². The number of carbonyl (C=O) groups excluding carboxylic acids is 1. The number of aliphatic hydroxyl groups excluding tert-OH is 3. The summed E-state index contributed by atoms with van der Waals surface area (Å²) in [4.78, 5) is 14.8. The van der Waals surface area contributed by atoms with Gasteiger partial charge in [0.25, 0.3) is 0 Å². The van der Waals surface area contributed by atoms with E-state index in [0.717, 1.165) is 5.56 Å². The van der Waals surface area contributed by atoms with Crippen LogP contribution in [-0.4, -0.2) is 89.6 Å². The van der Waals surface area contributed by atoms with Crippen LogP contribution in [0.15, 0.2) is 78.9 Å². The first kappa shape index (κ1) is 28.8. The van der Waals surface area contributed by atoms with E-state index in [0.29, 0.717) is 25.9 Å². The molecule has 9 heteroatoms. The van der Waals surface area contributed by atoms with Gasteiger partial charge in [-0.25, -0.2) is 4.79 Å². The lowest BCUT2D eigenvalue weighted by atomic mass is 9.98. The van der Waals surface area contributed by atoms with Crippen molar-refractivity contribution in [3.8, 4) is 11.1 Å². The second kappa shape index (κ2) is 12.9. The zero-order valence-corrected chi connectivity index (χ0v) is 23.4. The van der Waals surface area contributed by atoms with Crippen LogP contribution in [0.25, 0.3) is 11.1 Å². The zero-order valence-electron chi connectivity index (χ0n) is 23.4. The summed E-state index contributed by atoms with van der Waals surface area (Å²) in [6.07, 6.45) is -4.20. The smallest absolute Gasteiger partial charge is 0.407 e. The van der Waals surface area contributed by atoms with Crippen molar-refractivity contribution in [2.45, 2.75) is 55.5 Å². The van der Waals surface area contributed by atoms with Crippen molar-refractivity contribution >= 4 is 6.09 Å². The van der Waals surface area contributed by atoms with Crippen LogP contribution >= 0.6 is 0 Å². The van der Waals surface area contributed by atoms with Gasteiger partial charge in [0.2, 0.25) is 0 Å². The van der Waals surface area contributed by atoms with E-state index in [-0.39, 0.29) is 31.7 Å². The highest BCUT2D eigenvalue weighted by molar-refractivity contribution is 5.79. The largest absolute Gasteiger partial charge is 0.449 e. The summed E-state index contributed by atoms with van der Waals surface area (Å²) in [5.41, 5.74) is 5.51. The molecule has 1 aliphatic carbocycles. The molecule has 2 saturated heterocycles. The summed E-state index contributed by atoms with van der Waals surface area (Å²) in [7, 11) is 0. The Balaban J connectivity index is 0.953. The van der Waals surface area contributed by atoms with Crippen LogP contribution in [0.1, 0.15) is 41.7 Å². The van der Waals surface area contributed by atoms with E-state index in [1.807, 2.05) is 59.5 Å². The fraction of sp³-hybridized carbons (Fsp3) is 0.424. The number of amides is 1. The molecule has 42 heavy (non-hydrogen) atoms. The van der Waals surface area contributed by atoms with Gasteiger partial charge in [-0.3, -0.25) is 0 Å². The maximum absolute atomic E-state index is 12.7. The van der Waals surface area contributed by atoms with E-state index in [2.05, 4.69) is 29.6 Å². The van der Waals surface area contributed by atoms with E-state index in [1.54, 1.807) is 0 Å². The third kappa shape index (κ3) is 6.22. The molecule has 3 aromatic rings. The van der Waals surface area contributed by atoms with Gasteiger partial charge in [-0.05, 0) is 35.1 Å². The summed E-state index contributed by atoms with van der Waals surface area (Å²) >= 11 is 0. The first-order valence-electron chi connectivity index (χ1n) is 14.7. The number of carbonyl (C=O) groups is 1. The average Bonchev–Trinajstić information content (AvgIpc) is 3.35. The lowest BCUT2D eigenvalue weighted by Gasteiger charge is -2.39. The van der Waals surface area contributed by atoms with Crippen molar-refractivity contribution in [3.63, 3.8) is 0 Å². The van der Waals surface area contributed by atoms with Crippen LogP contribution in [0.3, 0.4) is 0 Å². The summed E-state index contributed by atoms with van der Waals surface area (Å²) in [6.45, 7) is 1.78. The Morgan fingerprint density at radius 3 is 2.21 bits per heavy atom. The van der Waals surface area contributed by atoms with E-state index in [9.17, 15) is 20.1 Å². The molecule has 222 valence electrons. The molecule has 3 aliphatic rings. The average molecular weight is 575 g/mol. The molecule has 2 fully saturated rings. The van der Waals surface area contributed by atoms with E-state index in [1.165, 1.54) is 22.3 Å². The fourth-order valence-electron chi connectivity index (χ4n) is 6.30. The molecule has 1 unspecified atom stereocenters. The maximum Gasteiger partial charge on any atom is 0.407 e. The first-order chi connectivity index (χ1) is 20.5. The highest BCUT2D eigenvalue weighted by atomic mass is 16.7. The van der Waals surface area contributed by atoms with Crippen LogP contribution in [0.5, 0.6) is 0 Å². The first-order valence-corrected chi connectivity index (χ1v) is 14.7. The highest BCUT2D eigenvalue weighted by Gasteiger charge is 2.40. The van der Waals surface area contributed by atoms with Crippen LogP contribution < -0.4 is 5.32 Å². The van der Waals surface area contributed by atoms with Gasteiger partial charge >= 0.3 is 6.09 Å². The number of hydrogen-bond donors (Lipinski definition) is 4. The number of fused-ring (bicyclic) bond motifs is 3. The van der Waals surface area contributed by atoms with Crippen molar-refractivity contribution < 1.29 is 34.3 Å². The summed E-state index contributed by atoms with van der Waals surface area (Å²) in [5, 5.41) is 35.1. The molecule has 9 nitrogen and oxygen atoms in total. The van der Waals surface area contributed by atoms with Gasteiger partial charge in [-0.2, -0.15) is 0 Å². The van der Waals surface area contributed by atoms with E-state index < -0.39 is 36.8 Å². The molecule has 5 atom stereocenters. The van der Waals surface area contributed by atoms with Crippen LogP contribution in [-0.2, 0) is 14.2 Å². The molecule has 1 amide bonds. The number of nitrogens with one attached hydrogen (secondary N) is 1. The fourth-order valence-corrected chi connectivity index (χ4v) is 6.30. The lowest BCUT2D eigenvalue weighted by Crippen LogP contribution is -2.55. The summed E-state index contributed by atoms with van der Waals surface area (Å²) in [6, 6.07) is 25.8. The Morgan fingerprint density at radius 2 is 1.55 bits per heavy atom. The van der Waals surface area contributed by atoms with Crippen molar-refractivity contribution in [3.05, 3.63) is 95.6 Å². The van der Waals surface area contributed by atoms with Crippen molar-refractivity contribution in [1.82, 2.24) is 10.2 Å². The second-order valence-corrected chi connectivity index (χ2v) is 11.3. The monoisotopic (exact) mass is 574 g/mol. The minimum Gasteiger partial charge on any atom is -0.449 e. The molecule has 0 saturated carbocycles. The number of rotatable bonds is 8. The van der Waals surface area contributed by atoms with E-state index >= 15 is 0 Å². The molecule has 2 heterocycles. The normalized spacial score (nSPS) is 24.4. The quantitative estimate of drug-likeness (QED) is 0.324. The van der Waals surface area contributed by atoms with E-state index in [4.69, 9.17) is 14.2 Å². The predicted molar refractivity (Wildman–Crippen MR) is 156 cm³/mol. The Bertz CT molecular complexity index is 1300. The standard InChI is InChI=1S/C33H38N2O7/c36-28(30(38)31-29(37)20-40-32(42-31)21-8-2-1-3-9-21)18-35-16-14-22(15-17-35)34-33(39)41-19-27-25-12-6-4-10-23(25)24-11-5-7-13-26(24)27/h1-13,22,27-32,36-38H,14-20H2,(H,34,39)/t28-,29+,30+,31+,32?/m0/s1. The van der Waals surface area contributed by atoms with Gasteiger partial charge in [-0.15, -0.1) is 0 Å². The number of aliphatic hydroxyl groups is 3. The highest BCUT2D eigenvalue weighted by Crippen LogP contribution is 2.44. The van der Waals surface area contributed by atoms with Gasteiger partial charge in [0.1, 0.15) is 24.9 Å². The molecule has 3 aromatic carbocycles. The number of β-amino-alcohol motifs (C(OH)–C–C–N with tert-alkyl or cyclic N) is 1. The number of hydrogen-bond acceptors (Lipinski definition) is 8. The minimum absolute atomic E-state index is 0.000933. The molecule has 0 bridgehead atoms. The predicted octanol–water partition coefficient (Wildman–Crippen LogP) is 3.19. The van der Waals surface area contributed by atoms with Crippen molar-refractivity contribution in [2.75, 3.05) is 32.8 Å². The van der Waals surface area contributed by atoms with Crippen LogP contribution in [0, 0.1) is 0 Å². The molecule has 6 rings (SSSR count). The lowest BCUT2D eigenvalue weighted by molar-refractivity contribution is -0.283. The number of benzene rings is 3. The number of nitrogens with zero attached hydrogens (tertiary/aromatic N) is 1. The zero-order chi connectivity index (χ0) is 29.1. The maximum atomic E-state index is 12.7. The van der Waals surface area contributed by atoms with Gasteiger partial charge in [0, 0.05) is 37.2 Å². The van der Waals surface area contributed by atoms with Crippen molar-refractivity contribution in [1.29, 1.82) is 0 Å². The Labute approximate surface area is 245 Å². The van der Waals surface area contributed by atoms with Gasteiger partial charge in [0.05, 0.1) is 12.7 Å². The molecular weight excluding hydrogens is 536 g/mol. The summed E-state index contributed by atoms with van der Waals surface area (Å²) in [5.74, 6) is 0.0131.